The number of anilines is 1. The second kappa shape index (κ2) is 6.43. The Morgan fingerprint density at radius 1 is 1.32 bits per heavy atom. The number of carbonyl (C=O) groups is 2. The van der Waals surface area contributed by atoms with Crippen LogP contribution < -0.4 is 5.32 Å². The molecule has 1 fully saturated rings. The number of hydrogen-bond acceptors (Lipinski definition) is 4. The predicted molar refractivity (Wildman–Crippen MR) is 79.5 cm³/mol. The minimum atomic E-state index is -3.14. The van der Waals surface area contributed by atoms with E-state index in [-0.39, 0.29) is 18.1 Å². The van der Waals surface area contributed by atoms with Crippen molar-refractivity contribution in [2.75, 3.05) is 23.4 Å². The van der Waals surface area contributed by atoms with Crippen LogP contribution in [0.1, 0.15) is 13.3 Å². The number of amides is 2. The smallest absolute Gasteiger partial charge is 0.313 e. The number of nitrogens with one attached hydrogen (secondary N) is 1. The summed E-state index contributed by atoms with van der Waals surface area (Å²) in [4.78, 5) is 25.4. The molecule has 0 aliphatic carbocycles. The molecule has 1 saturated heterocycles. The normalized spacial score (nSPS) is 19.6. The van der Waals surface area contributed by atoms with E-state index >= 15 is 0 Å². The first kappa shape index (κ1) is 16.4. The predicted octanol–water partition coefficient (Wildman–Crippen LogP) is 0.800. The van der Waals surface area contributed by atoms with E-state index in [1.165, 1.54) is 29.2 Å². The van der Waals surface area contributed by atoms with E-state index in [4.69, 9.17) is 0 Å². The Bertz CT molecular complexity index is 673. The van der Waals surface area contributed by atoms with Gasteiger partial charge in [-0.25, -0.2) is 12.8 Å². The van der Waals surface area contributed by atoms with E-state index in [1.807, 2.05) is 0 Å². The van der Waals surface area contributed by atoms with Crippen molar-refractivity contribution in [3.05, 3.63) is 30.1 Å². The fourth-order valence-electron chi connectivity index (χ4n) is 2.44. The van der Waals surface area contributed by atoms with Crippen LogP contribution in [0.15, 0.2) is 24.3 Å². The van der Waals surface area contributed by atoms with Gasteiger partial charge in [0.25, 0.3) is 0 Å². The van der Waals surface area contributed by atoms with Crippen LogP contribution in [-0.2, 0) is 19.4 Å². The van der Waals surface area contributed by atoms with Crippen LogP contribution in [0, 0.1) is 5.82 Å². The molecule has 1 aliphatic heterocycles. The quantitative estimate of drug-likeness (QED) is 0.832. The van der Waals surface area contributed by atoms with Gasteiger partial charge < -0.3 is 10.2 Å². The van der Waals surface area contributed by atoms with Crippen molar-refractivity contribution < 1.29 is 22.4 Å². The summed E-state index contributed by atoms with van der Waals surface area (Å²) in [6.45, 7) is 1.93. The third-order valence-electron chi connectivity index (χ3n) is 3.55. The molecule has 1 heterocycles. The third-order valence-corrected chi connectivity index (χ3v) is 5.30. The number of benzene rings is 1. The summed E-state index contributed by atoms with van der Waals surface area (Å²) in [6.07, 6.45) is 0.339. The average Bonchev–Trinajstić information content (AvgIpc) is 2.82. The second-order valence-electron chi connectivity index (χ2n) is 5.11. The maximum atomic E-state index is 12.8. The zero-order valence-electron chi connectivity index (χ0n) is 12.1. The molecule has 6 nitrogen and oxygen atoms in total. The summed E-state index contributed by atoms with van der Waals surface area (Å²) in [7, 11) is -3.14. The van der Waals surface area contributed by atoms with Crippen molar-refractivity contribution in [3.63, 3.8) is 0 Å². The van der Waals surface area contributed by atoms with Gasteiger partial charge in [-0.05, 0) is 37.6 Å². The second-order valence-corrected chi connectivity index (χ2v) is 7.34. The molecular weight excluding hydrogens is 311 g/mol. The first-order chi connectivity index (χ1) is 10.3. The lowest BCUT2D eigenvalue weighted by molar-refractivity contribution is -0.144. The van der Waals surface area contributed by atoms with Gasteiger partial charge in [0.2, 0.25) is 0 Å². The Morgan fingerprint density at radius 3 is 2.45 bits per heavy atom. The highest BCUT2D eigenvalue weighted by molar-refractivity contribution is 7.91. The molecule has 1 aliphatic rings. The number of halogens is 1. The maximum Gasteiger partial charge on any atom is 0.313 e. The molecule has 1 aromatic carbocycles. The monoisotopic (exact) mass is 328 g/mol. The molecule has 0 saturated carbocycles. The lowest BCUT2D eigenvalue weighted by atomic mass is 10.2. The Kier molecular flexibility index (Phi) is 4.80. The van der Waals surface area contributed by atoms with Crippen molar-refractivity contribution in [1.29, 1.82) is 0 Å². The summed E-state index contributed by atoms with van der Waals surface area (Å²) >= 11 is 0. The lowest BCUT2D eigenvalue weighted by Crippen LogP contribution is -2.46. The Balaban J connectivity index is 2.05. The molecule has 22 heavy (non-hydrogen) atoms. The van der Waals surface area contributed by atoms with Crippen LogP contribution in [0.3, 0.4) is 0 Å². The summed E-state index contributed by atoms with van der Waals surface area (Å²) in [6, 6.07) is 4.55. The molecule has 2 amide bonds. The number of rotatable bonds is 3. The van der Waals surface area contributed by atoms with E-state index in [0.717, 1.165) is 0 Å². The van der Waals surface area contributed by atoms with Gasteiger partial charge in [0.15, 0.2) is 9.84 Å². The number of carbonyl (C=O) groups excluding carboxylic acids is 2. The standard InChI is InChI=1S/C14H17FN2O4S/c1-2-17(12-7-8-22(20,21)9-12)14(19)13(18)16-11-5-3-10(15)4-6-11/h3-6,12H,2,7-9H2,1H3,(H,16,18). The molecule has 1 atom stereocenters. The number of hydrogen-bond donors (Lipinski definition) is 1. The molecule has 1 unspecified atom stereocenters. The van der Waals surface area contributed by atoms with E-state index in [1.54, 1.807) is 6.92 Å². The molecule has 0 bridgehead atoms. The molecule has 0 spiro atoms. The highest BCUT2D eigenvalue weighted by Crippen LogP contribution is 2.18. The number of sulfone groups is 1. The zero-order chi connectivity index (χ0) is 16.3. The van der Waals surface area contributed by atoms with Gasteiger partial charge in [-0.3, -0.25) is 9.59 Å². The van der Waals surface area contributed by atoms with Gasteiger partial charge in [-0.1, -0.05) is 0 Å². The van der Waals surface area contributed by atoms with Crippen molar-refractivity contribution in [2.24, 2.45) is 0 Å². The van der Waals surface area contributed by atoms with Crippen molar-refractivity contribution in [1.82, 2.24) is 4.90 Å². The van der Waals surface area contributed by atoms with Gasteiger partial charge in [0, 0.05) is 18.3 Å². The van der Waals surface area contributed by atoms with Crippen LogP contribution in [-0.4, -0.2) is 49.2 Å². The van der Waals surface area contributed by atoms with Crippen LogP contribution in [0.25, 0.3) is 0 Å². The van der Waals surface area contributed by atoms with Crippen LogP contribution in [0.2, 0.25) is 0 Å². The number of likely N-dealkylation sites (N-methyl/N-ethyl adjacent to an activating group) is 1. The Labute approximate surface area is 128 Å². The van der Waals surface area contributed by atoms with Gasteiger partial charge in [-0.2, -0.15) is 0 Å². The topological polar surface area (TPSA) is 83.6 Å². The molecule has 1 aromatic rings. The van der Waals surface area contributed by atoms with E-state index in [0.29, 0.717) is 12.1 Å². The maximum absolute atomic E-state index is 12.8. The van der Waals surface area contributed by atoms with Crippen molar-refractivity contribution in [3.8, 4) is 0 Å². The highest BCUT2D eigenvalue weighted by Gasteiger charge is 2.35. The summed E-state index contributed by atoms with van der Waals surface area (Å²) in [5.74, 6) is -2.18. The van der Waals surface area contributed by atoms with Gasteiger partial charge in [-0.15, -0.1) is 0 Å². The summed E-state index contributed by atoms with van der Waals surface area (Å²) < 4.78 is 35.8. The molecular formula is C14H17FN2O4S. The molecule has 0 aromatic heterocycles. The Morgan fingerprint density at radius 2 is 1.95 bits per heavy atom. The molecule has 2 rings (SSSR count). The van der Waals surface area contributed by atoms with Crippen LogP contribution in [0.4, 0.5) is 10.1 Å². The van der Waals surface area contributed by atoms with Gasteiger partial charge >= 0.3 is 11.8 Å². The first-order valence-corrected chi connectivity index (χ1v) is 8.72. The summed E-state index contributed by atoms with van der Waals surface area (Å²) in [5.41, 5.74) is 0.301. The summed E-state index contributed by atoms with van der Waals surface area (Å²) in [5, 5.41) is 2.38. The zero-order valence-corrected chi connectivity index (χ0v) is 12.9. The fourth-order valence-corrected chi connectivity index (χ4v) is 4.17. The SMILES string of the molecule is CCN(C(=O)C(=O)Nc1ccc(F)cc1)C1CCS(=O)(=O)C1. The average molecular weight is 328 g/mol. The van der Waals surface area contributed by atoms with E-state index in [9.17, 15) is 22.4 Å². The van der Waals surface area contributed by atoms with Crippen molar-refractivity contribution in [2.45, 2.75) is 19.4 Å². The largest absolute Gasteiger partial charge is 0.331 e. The Hall–Kier alpha value is -1.96. The number of nitrogens with zero attached hydrogens (tertiary/aromatic N) is 1. The van der Waals surface area contributed by atoms with E-state index < -0.39 is 33.5 Å². The van der Waals surface area contributed by atoms with Gasteiger partial charge in [0.05, 0.1) is 11.5 Å². The van der Waals surface area contributed by atoms with Crippen LogP contribution >= 0.6 is 0 Å². The highest BCUT2D eigenvalue weighted by atomic mass is 32.2. The minimum Gasteiger partial charge on any atom is -0.331 e. The minimum absolute atomic E-state index is 0.0288. The lowest BCUT2D eigenvalue weighted by Gasteiger charge is -2.26. The molecule has 1 N–H and O–H groups in total. The fraction of sp³-hybridized carbons (Fsp3) is 0.429. The van der Waals surface area contributed by atoms with Gasteiger partial charge in [0.1, 0.15) is 5.82 Å². The molecule has 8 heteroatoms. The molecule has 0 radical (unpaired) electrons. The van der Waals surface area contributed by atoms with E-state index in [2.05, 4.69) is 5.32 Å². The first-order valence-electron chi connectivity index (χ1n) is 6.90. The third kappa shape index (κ3) is 3.82. The molecule has 120 valence electrons. The van der Waals surface area contributed by atoms with Crippen LogP contribution in [0.5, 0.6) is 0 Å². The van der Waals surface area contributed by atoms with Crippen molar-refractivity contribution >= 4 is 27.3 Å².